The van der Waals surface area contributed by atoms with Crippen LogP contribution in [0.4, 0.5) is 10.2 Å². The summed E-state index contributed by atoms with van der Waals surface area (Å²) in [4.78, 5) is 25.6. The van der Waals surface area contributed by atoms with Gasteiger partial charge >= 0.3 is 0 Å². The van der Waals surface area contributed by atoms with E-state index in [1.165, 1.54) is 6.07 Å². The Morgan fingerprint density at radius 1 is 1.15 bits per heavy atom. The van der Waals surface area contributed by atoms with Crippen molar-refractivity contribution in [2.45, 2.75) is 37.9 Å². The highest BCUT2D eigenvalue weighted by Gasteiger charge is 2.44. The Kier molecular flexibility index (Phi) is 5.23. The highest BCUT2D eigenvalue weighted by atomic mass is 32.2. The number of carbonyl (C=O) groups excluding carboxylic acids is 1. The first-order valence-corrected chi connectivity index (χ1v) is 11.9. The molecule has 2 aliphatic rings. The van der Waals surface area contributed by atoms with Gasteiger partial charge in [0.15, 0.2) is 5.82 Å². The predicted molar refractivity (Wildman–Crippen MR) is 128 cm³/mol. The average molecular weight is 465 g/mol. The fraction of sp³-hybridized carbons (Fsp3) is 0.333. The molecule has 1 amide bonds. The van der Waals surface area contributed by atoms with Crippen molar-refractivity contribution in [3.8, 4) is 11.3 Å². The molecule has 5 rings (SSSR count). The number of pyridine rings is 1. The van der Waals surface area contributed by atoms with Crippen molar-refractivity contribution in [2.75, 3.05) is 24.2 Å². The molecule has 33 heavy (non-hydrogen) atoms. The first-order chi connectivity index (χ1) is 15.8. The van der Waals surface area contributed by atoms with Crippen molar-refractivity contribution in [1.29, 1.82) is 0 Å². The van der Waals surface area contributed by atoms with Crippen LogP contribution in [0.2, 0.25) is 0 Å². The third kappa shape index (κ3) is 3.80. The molecule has 170 valence electrons. The zero-order valence-corrected chi connectivity index (χ0v) is 19.9. The molecule has 0 radical (unpaired) electrons. The third-order valence-corrected chi connectivity index (χ3v) is 6.71. The van der Waals surface area contributed by atoms with Crippen molar-refractivity contribution in [3.63, 3.8) is 0 Å². The number of rotatable bonds is 5. The van der Waals surface area contributed by atoms with E-state index in [9.17, 15) is 9.18 Å². The molecule has 0 bridgehead atoms. The van der Waals surface area contributed by atoms with Gasteiger partial charge in [0.05, 0.1) is 24.3 Å². The van der Waals surface area contributed by atoms with Crippen molar-refractivity contribution < 1.29 is 9.18 Å². The zero-order chi connectivity index (χ0) is 23.3. The van der Waals surface area contributed by atoms with Gasteiger partial charge in [-0.1, -0.05) is 37.3 Å². The maximum absolute atomic E-state index is 13.5. The van der Waals surface area contributed by atoms with Crippen LogP contribution in [0.3, 0.4) is 0 Å². The van der Waals surface area contributed by atoms with E-state index >= 15 is 0 Å². The summed E-state index contributed by atoms with van der Waals surface area (Å²) in [7, 11) is 1.77. The average Bonchev–Trinajstić information content (AvgIpc) is 3.30. The molecule has 0 unspecified atom stereocenters. The summed E-state index contributed by atoms with van der Waals surface area (Å²) in [6.45, 7) is 7.38. The lowest BCUT2D eigenvalue weighted by molar-refractivity contribution is 0.0862. The van der Waals surface area contributed by atoms with Crippen LogP contribution in [0.15, 0.2) is 52.5 Å². The van der Waals surface area contributed by atoms with E-state index in [1.54, 1.807) is 35.8 Å². The summed E-state index contributed by atoms with van der Waals surface area (Å²) >= 11 is 1.62. The predicted octanol–water partition coefficient (Wildman–Crippen LogP) is 4.28. The molecule has 9 heteroatoms. The van der Waals surface area contributed by atoms with Crippen LogP contribution in [0.1, 0.15) is 36.7 Å². The van der Waals surface area contributed by atoms with E-state index < -0.39 is 5.95 Å². The molecule has 0 N–H and O–H groups in total. The molecule has 0 spiro atoms. The van der Waals surface area contributed by atoms with Crippen LogP contribution in [-0.2, 0) is 6.54 Å². The quantitative estimate of drug-likeness (QED) is 0.416. The van der Waals surface area contributed by atoms with Crippen LogP contribution in [0, 0.1) is 5.95 Å². The van der Waals surface area contributed by atoms with Crippen molar-refractivity contribution >= 4 is 29.4 Å². The summed E-state index contributed by atoms with van der Waals surface area (Å²) in [5.41, 5.74) is 2.83. The van der Waals surface area contributed by atoms with E-state index in [0.717, 1.165) is 21.9 Å². The van der Waals surface area contributed by atoms with Crippen molar-refractivity contribution in [2.24, 2.45) is 4.99 Å². The first-order valence-electron chi connectivity index (χ1n) is 10.9. The summed E-state index contributed by atoms with van der Waals surface area (Å²) in [6.07, 6.45) is 0. The van der Waals surface area contributed by atoms with Gasteiger partial charge in [-0.25, -0.2) is 9.98 Å². The fourth-order valence-corrected chi connectivity index (χ4v) is 5.08. The minimum Gasteiger partial charge on any atom is -0.292 e. The van der Waals surface area contributed by atoms with E-state index in [1.807, 2.05) is 33.8 Å². The largest absolute Gasteiger partial charge is 0.292 e. The maximum Gasteiger partial charge on any atom is 0.266 e. The van der Waals surface area contributed by atoms with Gasteiger partial charge in [0.25, 0.3) is 5.91 Å². The number of carbonyl (C=O) groups is 1. The van der Waals surface area contributed by atoms with Gasteiger partial charge in [-0.05, 0) is 37.3 Å². The Bertz CT molecular complexity index is 1270. The number of nitrogens with zero attached hydrogens (tertiary/aromatic N) is 6. The number of guanidine groups is 1. The number of hydrogen-bond acceptors (Lipinski definition) is 6. The molecule has 2 aliphatic heterocycles. The Morgan fingerprint density at radius 3 is 2.61 bits per heavy atom. The molecule has 0 fully saturated rings. The van der Waals surface area contributed by atoms with E-state index in [0.29, 0.717) is 36.1 Å². The molecule has 0 saturated carbocycles. The number of benzene rings is 1. The number of thioether (sulfide) groups is 1. The monoisotopic (exact) mass is 464 g/mol. The summed E-state index contributed by atoms with van der Waals surface area (Å²) in [6, 6.07) is 12.6. The maximum atomic E-state index is 13.5. The summed E-state index contributed by atoms with van der Waals surface area (Å²) in [5.74, 6) is 1.59. The van der Waals surface area contributed by atoms with Crippen molar-refractivity contribution in [1.82, 2.24) is 19.7 Å². The lowest BCUT2D eigenvalue weighted by Crippen LogP contribution is -2.48. The highest BCUT2D eigenvalue weighted by molar-refractivity contribution is 7.99. The molecule has 7 nitrogen and oxygen atoms in total. The minimum atomic E-state index is -0.498. The number of anilines is 1. The molecule has 2 aromatic heterocycles. The molecule has 3 aromatic rings. The Hall–Kier alpha value is -3.20. The topological polar surface area (TPSA) is 66.6 Å². The van der Waals surface area contributed by atoms with E-state index in [2.05, 4.69) is 25.8 Å². The Labute approximate surface area is 196 Å². The highest BCUT2D eigenvalue weighted by Crippen LogP contribution is 2.39. The fourth-order valence-electron chi connectivity index (χ4n) is 4.23. The van der Waals surface area contributed by atoms with Crippen LogP contribution in [-0.4, -0.2) is 56.4 Å². The number of amides is 1. The molecule has 4 heterocycles. The van der Waals surface area contributed by atoms with Gasteiger partial charge in [-0.15, -0.1) is 11.8 Å². The second-order valence-electron chi connectivity index (χ2n) is 8.81. The molecular weight excluding hydrogens is 439 g/mol. The standard InChI is InChI=1S/C24H25FN6OS/c1-5-33-22-19-20(30-14-24(2,3)27-23(30)29(4)21(19)32)28-31(22)13-15-9-11-16(12-10-15)17-7-6-8-18(25)26-17/h6-12H,5,13-14H2,1-4H3. The number of aliphatic imine (C=N–C) groups is 1. The number of fused-ring (bicyclic) bond motifs is 3. The van der Waals surface area contributed by atoms with Gasteiger partial charge < -0.3 is 0 Å². The normalized spacial score (nSPS) is 16.6. The van der Waals surface area contributed by atoms with Crippen LogP contribution in [0.25, 0.3) is 11.3 Å². The SMILES string of the molecule is CCSc1c2c(nn1Cc1ccc(-c3cccc(F)n3)cc1)N1CC(C)(C)N=C1N(C)C2=O. The Balaban J connectivity index is 1.50. The second kappa shape index (κ2) is 7.98. The van der Waals surface area contributed by atoms with Crippen LogP contribution < -0.4 is 4.90 Å². The number of aromatic nitrogens is 3. The van der Waals surface area contributed by atoms with E-state index in [-0.39, 0.29) is 11.4 Å². The molecule has 0 atom stereocenters. The van der Waals surface area contributed by atoms with Gasteiger partial charge in [0.1, 0.15) is 10.6 Å². The van der Waals surface area contributed by atoms with Gasteiger partial charge in [0, 0.05) is 12.6 Å². The summed E-state index contributed by atoms with van der Waals surface area (Å²) < 4.78 is 15.4. The Morgan fingerprint density at radius 2 is 1.91 bits per heavy atom. The minimum absolute atomic E-state index is 0.0765. The van der Waals surface area contributed by atoms with Gasteiger partial charge in [0.2, 0.25) is 11.9 Å². The lowest BCUT2D eigenvalue weighted by atomic mass is 10.1. The van der Waals surface area contributed by atoms with E-state index in [4.69, 9.17) is 10.1 Å². The zero-order valence-electron chi connectivity index (χ0n) is 19.0. The smallest absolute Gasteiger partial charge is 0.266 e. The van der Waals surface area contributed by atoms with Gasteiger partial charge in [-0.2, -0.15) is 9.49 Å². The molecule has 0 saturated heterocycles. The lowest BCUT2D eigenvalue weighted by Gasteiger charge is -2.30. The summed E-state index contributed by atoms with van der Waals surface area (Å²) in [5, 5.41) is 5.75. The first kappa shape index (κ1) is 21.6. The van der Waals surface area contributed by atoms with Crippen LogP contribution >= 0.6 is 11.8 Å². The third-order valence-electron chi connectivity index (χ3n) is 5.73. The molecule has 0 aliphatic carbocycles. The second-order valence-corrected chi connectivity index (χ2v) is 10.1. The van der Waals surface area contributed by atoms with Gasteiger partial charge in [-0.3, -0.25) is 19.3 Å². The van der Waals surface area contributed by atoms with Crippen LogP contribution in [0.5, 0.6) is 0 Å². The number of halogens is 1. The van der Waals surface area contributed by atoms with Crippen molar-refractivity contribution in [3.05, 3.63) is 59.5 Å². The number of hydrogen-bond donors (Lipinski definition) is 0. The molecular formula is C24H25FN6OS. The molecule has 1 aromatic carbocycles.